The molecule has 1 rings (SSSR count). The van der Waals surface area contributed by atoms with Gasteiger partial charge < -0.3 is 30.3 Å². The first-order valence-electron chi connectivity index (χ1n) is 5.03. The van der Waals surface area contributed by atoms with Gasteiger partial charge in [-0.25, -0.2) is 0 Å². The Morgan fingerprint density at radius 2 is 1.24 bits per heavy atom. The van der Waals surface area contributed by atoms with Crippen LogP contribution in [0.25, 0.3) is 0 Å². The number of hydrogen-bond donors (Lipinski definition) is 6. The van der Waals surface area contributed by atoms with Crippen LogP contribution in [0.3, 0.4) is 0 Å². The van der Waals surface area contributed by atoms with Crippen LogP contribution in [0.15, 0.2) is 6.07 Å². The number of hydrogen-bond acceptors (Lipinski definition) is 6. The number of aliphatic hydroxyl groups excluding tert-OH is 2. The molecule has 1 aromatic rings. The fourth-order valence-corrected chi connectivity index (χ4v) is 1.84. The number of benzene rings is 1. The van der Waals surface area contributed by atoms with Gasteiger partial charge in [-0.15, -0.1) is 0 Å². The van der Waals surface area contributed by atoms with Gasteiger partial charge in [0, 0.05) is 0 Å². The molecule has 0 heterocycles. The molecule has 92 valence electrons. The van der Waals surface area contributed by atoms with Crippen LogP contribution < -0.4 is 10.9 Å². The maximum Gasteiger partial charge on any atom is 0.488 e. The highest BCUT2D eigenvalue weighted by Gasteiger charge is 2.25. The Bertz CT molecular complexity index is 373. The average Bonchev–Trinajstić information content (AvgIpc) is 2.27. The van der Waals surface area contributed by atoms with Gasteiger partial charge in [0.05, 0.1) is 13.2 Å². The predicted molar refractivity (Wildman–Crippen MR) is 62.7 cm³/mol. The van der Waals surface area contributed by atoms with Gasteiger partial charge in [-0.1, -0.05) is 6.07 Å². The standard InChI is InChI=1S/C9H14B2O6/c1-5-6(3-12)8(10(14)15)2-9(11(16)17)7(5)4-13/h2,12-17H,3-4H2,1H3. The molecule has 6 N–H and O–H groups in total. The van der Waals surface area contributed by atoms with Crippen molar-refractivity contribution in [1.82, 2.24) is 0 Å². The molecule has 0 aromatic heterocycles. The monoisotopic (exact) mass is 240 g/mol. The summed E-state index contributed by atoms with van der Waals surface area (Å²) < 4.78 is 0. The highest BCUT2D eigenvalue weighted by atomic mass is 16.4. The summed E-state index contributed by atoms with van der Waals surface area (Å²) in [5.41, 5.74) is 0.904. The van der Waals surface area contributed by atoms with Gasteiger partial charge in [0.15, 0.2) is 0 Å². The molecule has 0 aliphatic carbocycles. The molecule has 0 fully saturated rings. The maximum atomic E-state index is 9.17. The van der Waals surface area contributed by atoms with E-state index in [1.54, 1.807) is 6.92 Å². The number of aliphatic hydroxyl groups is 2. The summed E-state index contributed by atoms with van der Waals surface area (Å²) in [5.74, 6) is 0. The minimum atomic E-state index is -1.83. The molecule has 17 heavy (non-hydrogen) atoms. The zero-order valence-corrected chi connectivity index (χ0v) is 9.33. The van der Waals surface area contributed by atoms with Crippen LogP contribution in [-0.2, 0) is 13.2 Å². The Morgan fingerprint density at radius 1 is 0.882 bits per heavy atom. The molecule has 0 aliphatic heterocycles. The van der Waals surface area contributed by atoms with Crippen molar-refractivity contribution in [1.29, 1.82) is 0 Å². The van der Waals surface area contributed by atoms with Gasteiger partial charge in [-0.05, 0) is 34.5 Å². The van der Waals surface area contributed by atoms with E-state index in [0.29, 0.717) is 5.56 Å². The van der Waals surface area contributed by atoms with Crippen LogP contribution in [0.1, 0.15) is 16.7 Å². The minimum absolute atomic E-state index is 0.00898. The van der Waals surface area contributed by atoms with E-state index < -0.39 is 27.5 Å². The predicted octanol–water partition coefficient (Wildman–Crippen LogP) is -3.66. The molecule has 0 radical (unpaired) electrons. The molecule has 0 atom stereocenters. The van der Waals surface area contributed by atoms with Crippen molar-refractivity contribution in [2.45, 2.75) is 20.1 Å². The zero-order chi connectivity index (χ0) is 13.2. The second kappa shape index (κ2) is 5.63. The molecular weight excluding hydrogens is 226 g/mol. The fourth-order valence-electron chi connectivity index (χ4n) is 1.84. The normalized spacial score (nSPS) is 10.5. The fraction of sp³-hybridized carbons (Fsp3) is 0.333. The lowest BCUT2D eigenvalue weighted by atomic mass is 9.67. The summed E-state index contributed by atoms with van der Waals surface area (Å²) >= 11 is 0. The largest absolute Gasteiger partial charge is 0.488 e. The summed E-state index contributed by atoms with van der Waals surface area (Å²) in [6, 6.07) is 1.15. The molecule has 0 saturated carbocycles. The van der Waals surface area contributed by atoms with E-state index in [9.17, 15) is 0 Å². The van der Waals surface area contributed by atoms with E-state index in [1.165, 1.54) is 0 Å². The first-order chi connectivity index (χ1) is 7.93. The van der Waals surface area contributed by atoms with Crippen molar-refractivity contribution in [3.05, 3.63) is 22.8 Å². The third-order valence-corrected chi connectivity index (χ3v) is 2.79. The van der Waals surface area contributed by atoms with Crippen LogP contribution in [0, 0.1) is 6.92 Å². The van der Waals surface area contributed by atoms with Crippen molar-refractivity contribution < 1.29 is 30.3 Å². The summed E-state index contributed by atoms with van der Waals surface area (Å²) in [4.78, 5) is 0. The third kappa shape index (κ3) is 2.68. The van der Waals surface area contributed by atoms with E-state index in [-0.39, 0.29) is 22.1 Å². The number of rotatable bonds is 4. The molecule has 0 spiro atoms. The second-order valence-corrected chi connectivity index (χ2v) is 3.70. The maximum absolute atomic E-state index is 9.17. The molecule has 0 unspecified atom stereocenters. The van der Waals surface area contributed by atoms with Gasteiger partial charge in [0.1, 0.15) is 0 Å². The Kier molecular flexibility index (Phi) is 4.70. The third-order valence-electron chi connectivity index (χ3n) is 2.79. The zero-order valence-electron chi connectivity index (χ0n) is 9.33. The molecule has 0 aliphatic rings. The van der Waals surface area contributed by atoms with Crippen LogP contribution in [-0.4, -0.2) is 44.5 Å². The summed E-state index contributed by atoms with van der Waals surface area (Å²) in [5, 5.41) is 54.9. The molecule has 8 heteroatoms. The molecular formula is C9H14B2O6. The highest BCUT2D eigenvalue weighted by molar-refractivity contribution is 6.63. The van der Waals surface area contributed by atoms with Crippen LogP contribution in [0.2, 0.25) is 0 Å². The van der Waals surface area contributed by atoms with Crippen LogP contribution in [0.4, 0.5) is 0 Å². The van der Waals surface area contributed by atoms with E-state index in [1.807, 2.05) is 0 Å². The van der Waals surface area contributed by atoms with Crippen molar-refractivity contribution in [3.63, 3.8) is 0 Å². The molecule has 0 saturated heterocycles. The quantitative estimate of drug-likeness (QED) is 0.301. The lowest BCUT2D eigenvalue weighted by Gasteiger charge is -2.17. The summed E-state index contributed by atoms with van der Waals surface area (Å²) in [7, 11) is -3.66. The van der Waals surface area contributed by atoms with Crippen molar-refractivity contribution in [3.8, 4) is 0 Å². The van der Waals surface area contributed by atoms with E-state index in [2.05, 4.69) is 0 Å². The lowest BCUT2D eigenvalue weighted by Crippen LogP contribution is -2.43. The molecule has 0 bridgehead atoms. The van der Waals surface area contributed by atoms with E-state index >= 15 is 0 Å². The van der Waals surface area contributed by atoms with Crippen molar-refractivity contribution >= 4 is 25.2 Å². The van der Waals surface area contributed by atoms with E-state index in [4.69, 9.17) is 30.3 Å². The topological polar surface area (TPSA) is 121 Å². The molecule has 6 nitrogen and oxygen atoms in total. The van der Waals surface area contributed by atoms with Crippen molar-refractivity contribution in [2.24, 2.45) is 0 Å². The first-order valence-corrected chi connectivity index (χ1v) is 5.03. The highest BCUT2D eigenvalue weighted by Crippen LogP contribution is 2.11. The average molecular weight is 240 g/mol. The minimum Gasteiger partial charge on any atom is -0.423 e. The van der Waals surface area contributed by atoms with Crippen molar-refractivity contribution in [2.75, 3.05) is 0 Å². The van der Waals surface area contributed by atoms with Crippen LogP contribution in [0.5, 0.6) is 0 Å². The van der Waals surface area contributed by atoms with Crippen LogP contribution >= 0.6 is 0 Å². The molecule has 0 amide bonds. The Morgan fingerprint density at radius 3 is 1.47 bits per heavy atom. The Labute approximate surface area is 99.1 Å². The van der Waals surface area contributed by atoms with Gasteiger partial charge in [0.25, 0.3) is 0 Å². The SMILES string of the molecule is Cc1c(CO)c(B(O)O)cc(B(O)O)c1CO. The van der Waals surface area contributed by atoms with Gasteiger partial charge in [-0.3, -0.25) is 0 Å². The van der Waals surface area contributed by atoms with E-state index in [0.717, 1.165) is 6.07 Å². The van der Waals surface area contributed by atoms with Gasteiger partial charge >= 0.3 is 14.2 Å². The summed E-state index contributed by atoms with van der Waals surface area (Å²) in [6.45, 7) is 0.677. The Balaban J connectivity index is 3.54. The lowest BCUT2D eigenvalue weighted by molar-refractivity contribution is 0.274. The Hall–Kier alpha value is -0.890. The van der Waals surface area contributed by atoms with Gasteiger partial charge in [0.2, 0.25) is 0 Å². The van der Waals surface area contributed by atoms with Gasteiger partial charge in [-0.2, -0.15) is 0 Å². The second-order valence-electron chi connectivity index (χ2n) is 3.70. The molecule has 1 aromatic carbocycles. The first kappa shape index (κ1) is 14.2. The smallest absolute Gasteiger partial charge is 0.423 e. The summed E-state index contributed by atoms with van der Waals surface area (Å²) in [6.07, 6.45) is 0.